The molecule has 1 fully saturated rings. The maximum atomic E-state index is 11.8. The van der Waals surface area contributed by atoms with Gasteiger partial charge in [0.25, 0.3) is 0 Å². The van der Waals surface area contributed by atoms with Crippen LogP contribution in [-0.4, -0.2) is 83.0 Å². The Labute approximate surface area is 166 Å². The zero-order valence-electron chi connectivity index (χ0n) is 17.3. The second-order valence-electron chi connectivity index (χ2n) is 6.11. The van der Waals surface area contributed by atoms with Crippen molar-refractivity contribution >= 4 is 12.1 Å². The highest BCUT2D eigenvalue weighted by atomic mass is 16.6. The van der Waals surface area contributed by atoms with Gasteiger partial charge < -0.3 is 34.1 Å². The van der Waals surface area contributed by atoms with Crippen molar-refractivity contribution in [2.24, 2.45) is 4.99 Å². The van der Waals surface area contributed by atoms with Crippen LogP contribution in [0.2, 0.25) is 0 Å². The molecule has 1 aliphatic rings. The van der Waals surface area contributed by atoms with Crippen molar-refractivity contribution in [3.8, 4) is 17.2 Å². The highest BCUT2D eigenvalue weighted by molar-refractivity contribution is 5.80. The van der Waals surface area contributed by atoms with E-state index in [0.717, 1.165) is 11.5 Å². The van der Waals surface area contributed by atoms with E-state index in [1.165, 1.54) is 0 Å². The molecule has 1 N–H and O–H groups in total. The SMILES string of the molecule is CCOC(=O)N1CCN(C(=NC)NCc2cc(OC)c(OC)c(OC)c2)CC1. The summed E-state index contributed by atoms with van der Waals surface area (Å²) in [6, 6.07) is 3.81. The van der Waals surface area contributed by atoms with Crippen LogP contribution in [-0.2, 0) is 11.3 Å². The highest BCUT2D eigenvalue weighted by Gasteiger charge is 2.23. The highest BCUT2D eigenvalue weighted by Crippen LogP contribution is 2.38. The summed E-state index contributed by atoms with van der Waals surface area (Å²) in [5, 5.41) is 3.35. The Kier molecular flexibility index (Phi) is 8.03. The topological polar surface area (TPSA) is 84.9 Å². The van der Waals surface area contributed by atoms with Gasteiger partial charge in [0.15, 0.2) is 17.5 Å². The molecule has 1 aromatic carbocycles. The summed E-state index contributed by atoms with van der Waals surface area (Å²) in [6.45, 7) is 5.32. The molecule has 0 saturated carbocycles. The van der Waals surface area contributed by atoms with Gasteiger partial charge in [-0.3, -0.25) is 4.99 Å². The van der Waals surface area contributed by atoms with Crippen LogP contribution in [0.1, 0.15) is 12.5 Å². The molecule has 0 atom stereocenters. The van der Waals surface area contributed by atoms with Crippen molar-refractivity contribution in [3.63, 3.8) is 0 Å². The first-order valence-electron chi connectivity index (χ1n) is 9.24. The van der Waals surface area contributed by atoms with Crippen LogP contribution < -0.4 is 19.5 Å². The minimum Gasteiger partial charge on any atom is -0.493 e. The molecule has 156 valence electrons. The normalized spacial score (nSPS) is 14.5. The number of amides is 1. The number of rotatable bonds is 6. The molecular weight excluding hydrogens is 364 g/mol. The van der Waals surface area contributed by atoms with E-state index in [4.69, 9.17) is 18.9 Å². The van der Waals surface area contributed by atoms with E-state index < -0.39 is 0 Å². The first-order chi connectivity index (χ1) is 13.6. The summed E-state index contributed by atoms with van der Waals surface area (Å²) in [5.74, 6) is 2.55. The third-order valence-corrected chi connectivity index (χ3v) is 4.49. The fourth-order valence-corrected chi connectivity index (χ4v) is 3.07. The van der Waals surface area contributed by atoms with E-state index in [1.54, 1.807) is 33.3 Å². The predicted molar refractivity (Wildman–Crippen MR) is 106 cm³/mol. The molecule has 1 heterocycles. The van der Waals surface area contributed by atoms with Crippen molar-refractivity contribution in [1.29, 1.82) is 0 Å². The lowest BCUT2D eigenvalue weighted by molar-refractivity contribution is 0.0914. The first kappa shape index (κ1) is 21.5. The van der Waals surface area contributed by atoms with Crippen LogP contribution in [0, 0.1) is 0 Å². The Morgan fingerprint density at radius 2 is 1.61 bits per heavy atom. The molecule has 0 aromatic heterocycles. The van der Waals surface area contributed by atoms with Gasteiger partial charge in [-0.15, -0.1) is 0 Å². The molecule has 0 unspecified atom stereocenters. The van der Waals surface area contributed by atoms with Crippen molar-refractivity contribution in [3.05, 3.63) is 17.7 Å². The maximum absolute atomic E-state index is 11.8. The molecule has 0 spiro atoms. The van der Waals surface area contributed by atoms with Crippen molar-refractivity contribution < 1.29 is 23.7 Å². The Morgan fingerprint density at radius 1 is 1.04 bits per heavy atom. The van der Waals surface area contributed by atoms with Crippen LogP contribution in [0.4, 0.5) is 4.79 Å². The summed E-state index contributed by atoms with van der Waals surface area (Å²) < 4.78 is 21.2. The largest absolute Gasteiger partial charge is 0.493 e. The molecule has 2 rings (SSSR count). The van der Waals surface area contributed by atoms with Crippen molar-refractivity contribution in [2.75, 3.05) is 61.2 Å². The Morgan fingerprint density at radius 3 is 2.07 bits per heavy atom. The van der Waals surface area contributed by atoms with Crippen LogP contribution >= 0.6 is 0 Å². The quantitative estimate of drug-likeness (QED) is 0.579. The summed E-state index contributed by atoms with van der Waals surface area (Å²) in [5.41, 5.74) is 0.973. The zero-order valence-corrected chi connectivity index (χ0v) is 17.3. The lowest BCUT2D eigenvalue weighted by Gasteiger charge is -2.35. The third kappa shape index (κ3) is 5.11. The fraction of sp³-hybridized carbons (Fsp3) is 0.579. The van der Waals surface area contributed by atoms with Gasteiger partial charge in [-0.25, -0.2) is 4.79 Å². The number of piperazine rings is 1. The number of hydrogen-bond donors (Lipinski definition) is 1. The zero-order chi connectivity index (χ0) is 20.5. The predicted octanol–water partition coefficient (Wildman–Crippen LogP) is 1.56. The standard InChI is InChI=1S/C19H30N4O5/c1-6-28-19(24)23-9-7-22(8-10-23)18(20-2)21-13-14-11-15(25-3)17(27-5)16(12-14)26-4/h11-12H,6-10,13H2,1-5H3,(H,20,21). The molecule has 9 heteroatoms. The minimum atomic E-state index is -0.262. The number of nitrogens with one attached hydrogen (secondary N) is 1. The number of benzene rings is 1. The van der Waals surface area contributed by atoms with Gasteiger partial charge in [-0.1, -0.05) is 0 Å². The van der Waals surface area contributed by atoms with Crippen LogP contribution in [0.15, 0.2) is 17.1 Å². The van der Waals surface area contributed by atoms with E-state index in [9.17, 15) is 4.79 Å². The molecule has 0 bridgehead atoms. The number of guanidine groups is 1. The fourth-order valence-electron chi connectivity index (χ4n) is 3.07. The monoisotopic (exact) mass is 394 g/mol. The third-order valence-electron chi connectivity index (χ3n) is 4.49. The average molecular weight is 394 g/mol. The molecule has 0 radical (unpaired) electrons. The number of methoxy groups -OCH3 is 3. The van der Waals surface area contributed by atoms with Gasteiger partial charge in [0.1, 0.15) is 0 Å². The smallest absolute Gasteiger partial charge is 0.409 e. The van der Waals surface area contributed by atoms with E-state index in [-0.39, 0.29) is 6.09 Å². The van der Waals surface area contributed by atoms with E-state index in [1.807, 2.05) is 19.1 Å². The summed E-state index contributed by atoms with van der Waals surface area (Å²) >= 11 is 0. The second-order valence-corrected chi connectivity index (χ2v) is 6.11. The van der Waals surface area contributed by atoms with Crippen LogP contribution in [0.25, 0.3) is 0 Å². The van der Waals surface area contributed by atoms with E-state index in [0.29, 0.717) is 56.6 Å². The van der Waals surface area contributed by atoms with E-state index in [2.05, 4.69) is 15.2 Å². The molecule has 9 nitrogen and oxygen atoms in total. The first-order valence-corrected chi connectivity index (χ1v) is 9.24. The van der Waals surface area contributed by atoms with Gasteiger partial charge in [-0.05, 0) is 24.6 Å². The van der Waals surface area contributed by atoms with Crippen LogP contribution in [0.5, 0.6) is 17.2 Å². The molecule has 1 amide bonds. The van der Waals surface area contributed by atoms with Gasteiger partial charge in [-0.2, -0.15) is 0 Å². The Balaban J connectivity index is 1.99. The summed E-state index contributed by atoms with van der Waals surface area (Å²) in [6.07, 6.45) is -0.262. The van der Waals surface area contributed by atoms with Gasteiger partial charge in [0.05, 0.1) is 27.9 Å². The Hall–Kier alpha value is -2.84. The lowest BCUT2D eigenvalue weighted by Crippen LogP contribution is -2.53. The Bertz CT molecular complexity index is 662. The van der Waals surface area contributed by atoms with Gasteiger partial charge >= 0.3 is 6.09 Å². The van der Waals surface area contributed by atoms with Gasteiger partial charge in [0.2, 0.25) is 5.75 Å². The minimum absolute atomic E-state index is 0.262. The van der Waals surface area contributed by atoms with E-state index >= 15 is 0 Å². The number of hydrogen-bond acceptors (Lipinski definition) is 6. The molecule has 1 aromatic rings. The number of ether oxygens (including phenoxy) is 4. The molecule has 0 aliphatic carbocycles. The van der Waals surface area contributed by atoms with Gasteiger partial charge in [0, 0.05) is 39.8 Å². The number of carbonyl (C=O) groups is 1. The van der Waals surface area contributed by atoms with Crippen molar-refractivity contribution in [1.82, 2.24) is 15.1 Å². The lowest BCUT2D eigenvalue weighted by atomic mass is 10.2. The summed E-state index contributed by atoms with van der Waals surface area (Å²) in [4.78, 5) is 20.0. The average Bonchev–Trinajstić information content (AvgIpc) is 2.73. The second kappa shape index (κ2) is 10.5. The maximum Gasteiger partial charge on any atom is 0.409 e. The number of aliphatic imine (C=N–C) groups is 1. The van der Waals surface area contributed by atoms with Crippen molar-refractivity contribution in [2.45, 2.75) is 13.5 Å². The van der Waals surface area contributed by atoms with Crippen LogP contribution in [0.3, 0.4) is 0 Å². The summed E-state index contributed by atoms with van der Waals surface area (Å²) in [7, 11) is 6.51. The molecular formula is C19H30N4O5. The molecule has 28 heavy (non-hydrogen) atoms. The molecule has 1 aliphatic heterocycles. The number of nitrogens with zero attached hydrogens (tertiary/aromatic N) is 3. The molecule has 1 saturated heterocycles. The number of carbonyl (C=O) groups excluding carboxylic acids is 1.